The summed E-state index contributed by atoms with van der Waals surface area (Å²) in [5.41, 5.74) is 3.11. The molecule has 5 heteroatoms. The fraction of sp³-hybridized carbons (Fsp3) is 0.333. The maximum Gasteiger partial charge on any atom is 0.319 e. The van der Waals surface area contributed by atoms with Crippen LogP contribution in [0.15, 0.2) is 35.3 Å². The molecule has 1 unspecified atom stereocenters. The van der Waals surface area contributed by atoms with Crippen molar-refractivity contribution in [3.8, 4) is 0 Å². The van der Waals surface area contributed by atoms with Crippen molar-refractivity contribution in [3.05, 3.63) is 46.4 Å². The van der Waals surface area contributed by atoms with E-state index in [9.17, 15) is 4.79 Å². The Bertz CT molecular complexity index is 592. The number of urea groups is 1. The predicted molar refractivity (Wildman–Crippen MR) is 80.9 cm³/mol. The molecule has 0 aliphatic heterocycles. The number of rotatable bonds is 4. The van der Waals surface area contributed by atoms with Gasteiger partial charge in [-0.2, -0.15) is 0 Å². The lowest BCUT2D eigenvalue weighted by Crippen LogP contribution is -2.33. The Morgan fingerprint density at radius 2 is 2.10 bits per heavy atom. The topological polar surface area (TPSA) is 54.0 Å². The Balaban J connectivity index is 1.68. The third-order valence-electron chi connectivity index (χ3n) is 3.55. The van der Waals surface area contributed by atoms with Crippen LogP contribution in [0.25, 0.3) is 0 Å². The van der Waals surface area contributed by atoms with Gasteiger partial charge in [0.05, 0.1) is 11.7 Å². The Morgan fingerprint density at radius 3 is 2.70 bits per heavy atom. The van der Waals surface area contributed by atoms with Gasteiger partial charge < -0.3 is 10.6 Å². The van der Waals surface area contributed by atoms with Crippen molar-refractivity contribution in [1.29, 1.82) is 0 Å². The lowest BCUT2D eigenvalue weighted by Gasteiger charge is -2.19. The van der Waals surface area contributed by atoms with Gasteiger partial charge in [0, 0.05) is 17.8 Å². The molecular formula is C15H17N3OS. The second-order valence-corrected chi connectivity index (χ2v) is 5.91. The van der Waals surface area contributed by atoms with Gasteiger partial charge in [0.1, 0.15) is 0 Å². The smallest absolute Gasteiger partial charge is 0.319 e. The van der Waals surface area contributed by atoms with E-state index >= 15 is 0 Å². The van der Waals surface area contributed by atoms with Gasteiger partial charge in [-0.3, -0.25) is 4.98 Å². The number of anilines is 1. The van der Waals surface area contributed by atoms with E-state index in [1.54, 1.807) is 23.7 Å². The van der Waals surface area contributed by atoms with E-state index in [0.717, 1.165) is 16.8 Å². The standard InChI is InChI=1S/C15H17N3OS/c1-10-8-20-9-13(10)17-15(19)18-14(11-2-3-11)12-4-6-16-7-5-12/h4-9,11,14H,2-3H2,1H3,(H2,17,18,19). The molecule has 0 radical (unpaired) electrons. The summed E-state index contributed by atoms with van der Waals surface area (Å²) in [5.74, 6) is 0.548. The molecule has 0 aromatic carbocycles. The Hall–Kier alpha value is -1.88. The van der Waals surface area contributed by atoms with Crippen LogP contribution in [0.4, 0.5) is 10.5 Å². The number of nitrogens with zero attached hydrogens (tertiary/aromatic N) is 1. The molecule has 1 saturated carbocycles. The van der Waals surface area contributed by atoms with Crippen LogP contribution in [0.5, 0.6) is 0 Å². The van der Waals surface area contributed by atoms with Crippen molar-refractivity contribution >= 4 is 23.1 Å². The van der Waals surface area contributed by atoms with Gasteiger partial charge >= 0.3 is 6.03 Å². The van der Waals surface area contributed by atoms with E-state index in [0.29, 0.717) is 5.92 Å². The summed E-state index contributed by atoms with van der Waals surface area (Å²) in [7, 11) is 0. The first-order chi connectivity index (χ1) is 9.74. The number of nitrogens with one attached hydrogen (secondary N) is 2. The quantitative estimate of drug-likeness (QED) is 0.900. The van der Waals surface area contributed by atoms with Gasteiger partial charge in [-0.1, -0.05) is 0 Å². The molecule has 20 heavy (non-hydrogen) atoms. The summed E-state index contributed by atoms with van der Waals surface area (Å²) in [6.45, 7) is 1.99. The average Bonchev–Trinajstić information content (AvgIpc) is 3.22. The van der Waals surface area contributed by atoms with Crippen molar-refractivity contribution in [2.24, 2.45) is 5.92 Å². The van der Waals surface area contributed by atoms with E-state index in [4.69, 9.17) is 0 Å². The van der Waals surface area contributed by atoms with Gasteiger partial charge in [-0.05, 0) is 54.3 Å². The Kier molecular flexibility index (Phi) is 3.69. The van der Waals surface area contributed by atoms with Gasteiger partial charge in [-0.15, -0.1) is 11.3 Å². The van der Waals surface area contributed by atoms with Crippen molar-refractivity contribution in [2.45, 2.75) is 25.8 Å². The average molecular weight is 287 g/mol. The number of carbonyl (C=O) groups excluding carboxylic acids is 1. The van der Waals surface area contributed by atoms with Gasteiger partial charge in [-0.25, -0.2) is 4.79 Å². The number of carbonyl (C=O) groups is 1. The van der Waals surface area contributed by atoms with Crippen LogP contribution in [0.2, 0.25) is 0 Å². The number of thiophene rings is 1. The molecule has 2 amide bonds. The van der Waals surface area contributed by atoms with E-state index in [1.807, 2.05) is 29.8 Å². The summed E-state index contributed by atoms with van der Waals surface area (Å²) < 4.78 is 0. The van der Waals surface area contributed by atoms with Crippen LogP contribution in [-0.2, 0) is 0 Å². The number of aryl methyl sites for hydroxylation is 1. The van der Waals surface area contributed by atoms with Crippen LogP contribution >= 0.6 is 11.3 Å². The molecule has 1 aliphatic rings. The molecule has 2 heterocycles. The summed E-state index contributed by atoms with van der Waals surface area (Å²) in [4.78, 5) is 16.2. The van der Waals surface area contributed by atoms with E-state index in [-0.39, 0.29) is 12.1 Å². The lowest BCUT2D eigenvalue weighted by molar-refractivity contribution is 0.247. The summed E-state index contributed by atoms with van der Waals surface area (Å²) in [5, 5.41) is 9.98. The van der Waals surface area contributed by atoms with Crippen LogP contribution in [0.3, 0.4) is 0 Å². The SMILES string of the molecule is Cc1cscc1NC(=O)NC(c1ccncc1)C1CC1. The van der Waals surface area contributed by atoms with Crippen LogP contribution in [0, 0.1) is 12.8 Å². The van der Waals surface area contributed by atoms with Crippen LogP contribution in [-0.4, -0.2) is 11.0 Å². The molecule has 2 aromatic rings. The largest absolute Gasteiger partial charge is 0.331 e. The highest BCUT2D eigenvalue weighted by Gasteiger charge is 2.33. The molecule has 2 aromatic heterocycles. The second kappa shape index (κ2) is 5.63. The minimum Gasteiger partial charge on any atom is -0.331 e. The van der Waals surface area contributed by atoms with Gasteiger partial charge in [0.15, 0.2) is 0 Å². The minimum absolute atomic E-state index is 0.0805. The molecule has 0 spiro atoms. The van der Waals surface area contributed by atoms with Crippen LogP contribution < -0.4 is 10.6 Å². The molecule has 1 atom stereocenters. The molecule has 4 nitrogen and oxygen atoms in total. The highest BCUT2D eigenvalue weighted by Crippen LogP contribution is 2.40. The van der Waals surface area contributed by atoms with E-state index < -0.39 is 0 Å². The summed E-state index contributed by atoms with van der Waals surface area (Å²) >= 11 is 1.59. The monoisotopic (exact) mass is 287 g/mol. The minimum atomic E-state index is -0.139. The first-order valence-electron chi connectivity index (χ1n) is 6.74. The van der Waals surface area contributed by atoms with E-state index in [1.165, 1.54) is 12.8 Å². The summed E-state index contributed by atoms with van der Waals surface area (Å²) in [6, 6.07) is 3.88. The number of aromatic nitrogens is 1. The molecular weight excluding hydrogens is 270 g/mol. The fourth-order valence-corrected chi connectivity index (χ4v) is 3.04. The molecule has 0 saturated heterocycles. The van der Waals surface area contributed by atoms with Crippen LogP contribution in [0.1, 0.15) is 30.0 Å². The zero-order valence-electron chi connectivity index (χ0n) is 11.3. The first kappa shape index (κ1) is 13.1. The molecule has 0 bridgehead atoms. The zero-order chi connectivity index (χ0) is 13.9. The zero-order valence-corrected chi connectivity index (χ0v) is 12.1. The Labute approximate surface area is 122 Å². The van der Waals surface area contributed by atoms with Crippen molar-refractivity contribution < 1.29 is 4.79 Å². The third-order valence-corrected chi connectivity index (χ3v) is 4.41. The summed E-state index contributed by atoms with van der Waals surface area (Å²) in [6.07, 6.45) is 5.89. The molecule has 1 aliphatic carbocycles. The molecule has 1 fully saturated rings. The van der Waals surface area contributed by atoms with E-state index in [2.05, 4.69) is 15.6 Å². The second-order valence-electron chi connectivity index (χ2n) is 5.16. The molecule has 2 N–H and O–H groups in total. The number of amides is 2. The normalized spacial score (nSPS) is 15.7. The van der Waals surface area contributed by atoms with Gasteiger partial charge in [0.2, 0.25) is 0 Å². The van der Waals surface area contributed by atoms with Crippen molar-refractivity contribution in [1.82, 2.24) is 10.3 Å². The highest BCUT2D eigenvalue weighted by molar-refractivity contribution is 7.08. The molecule has 104 valence electrons. The van der Waals surface area contributed by atoms with Crippen molar-refractivity contribution in [3.63, 3.8) is 0 Å². The predicted octanol–water partition coefficient (Wildman–Crippen LogP) is 3.72. The maximum atomic E-state index is 12.1. The third kappa shape index (κ3) is 2.99. The maximum absolute atomic E-state index is 12.1. The molecule has 3 rings (SSSR count). The first-order valence-corrected chi connectivity index (χ1v) is 7.68. The highest BCUT2D eigenvalue weighted by atomic mass is 32.1. The van der Waals surface area contributed by atoms with Gasteiger partial charge in [0.25, 0.3) is 0 Å². The fourth-order valence-electron chi connectivity index (χ4n) is 2.26. The Morgan fingerprint density at radius 1 is 1.35 bits per heavy atom. The lowest BCUT2D eigenvalue weighted by atomic mass is 10.0. The number of hydrogen-bond acceptors (Lipinski definition) is 3. The van der Waals surface area contributed by atoms with Crippen molar-refractivity contribution in [2.75, 3.05) is 5.32 Å². The number of hydrogen-bond donors (Lipinski definition) is 2. The number of pyridine rings is 1.